The summed E-state index contributed by atoms with van der Waals surface area (Å²) in [5, 5.41) is 11.8. The van der Waals surface area contributed by atoms with Gasteiger partial charge in [0.25, 0.3) is 0 Å². The molecule has 5 nitrogen and oxygen atoms in total. The number of fused-ring (bicyclic) bond motifs is 1. The van der Waals surface area contributed by atoms with Crippen LogP contribution in [0.2, 0.25) is 0 Å². The molecule has 0 aliphatic carbocycles. The Morgan fingerprint density at radius 2 is 1.82 bits per heavy atom. The van der Waals surface area contributed by atoms with Gasteiger partial charge in [-0.15, -0.1) is 10.2 Å². The van der Waals surface area contributed by atoms with Crippen LogP contribution in [0.15, 0.2) is 36.0 Å². The van der Waals surface area contributed by atoms with Crippen molar-refractivity contribution in [3.63, 3.8) is 0 Å². The van der Waals surface area contributed by atoms with Crippen molar-refractivity contribution in [2.24, 2.45) is 5.10 Å². The highest BCUT2D eigenvalue weighted by molar-refractivity contribution is 5.89. The topological polar surface area (TPSA) is 46.3 Å². The van der Waals surface area contributed by atoms with E-state index in [1.165, 1.54) is 22.4 Å². The molecule has 22 heavy (non-hydrogen) atoms. The number of nitrogens with zero attached hydrogens (tertiary/aromatic N) is 5. The monoisotopic (exact) mass is 295 g/mol. The molecule has 0 atom stereocenters. The molecule has 0 saturated carbocycles. The molecule has 0 unspecified atom stereocenters. The Morgan fingerprint density at radius 3 is 2.50 bits per heavy atom. The van der Waals surface area contributed by atoms with Crippen LogP contribution in [-0.2, 0) is 0 Å². The number of aryl methyl sites for hydroxylation is 1. The van der Waals surface area contributed by atoms with Gasteiger partial charge in [0, 0.05) is 18.3 Å². The Labute approximate surface area is 131 Å². The van der Waals surface area contributed by atoms with Gasteiger partial charge in [0.1, 0.15) is 12.7 Å². The lowest BCUT2D eigenvalue weighted by Gasteiger charge is -2.41. The lowest BCUT2D eigenvalue weighted by Crippen LogP contribution is -2.42. The molecule has 0 bridgehead atoms. The number of hydrogen-bond acceptors (Lipinski definition) is 4. The molecule has 0 fully saturated rings. The van der Waals surface area contributed by atoms with E-state index in [4.69, 9.17) is 0 Å². The van der Waals surface area contributed by atoms with Crippen LogP contribution in [0.5, 0.6) is 0 Å². The molecule has 114 valence electrons. The van der Waals surface area contributed by atoms with Crippen molar-refractivity contribution in [1.29, 1.82) is 0 Å². The highest BCUT2D eigenvalue weighted by atomic mass is 15.4. The van der Waals surface area contributed by atoms with Crippen LogP contribution in [0.3, 0.4) is 0 Å². The molecule has 1 aliphatic rings. The van der Waals surface area contributed by atoms with E-state index in [1.807, 2.05) is 6.21 Å². The van der Waals surface area contributed by atoms with Crippen LogP contribution in [0, 0.1) is 6.92 Å². The van der Waals surface area contributed by atoms with Gasteiger partial charge in [-0.1, -0.05) is 6.08 Å². The summed E-state index contributed by atoms with van der Waals surface area (Å²) < 4.78 is 1.59. The van der Waals surface area contributed by atoms with Gasteiger partial charge in [0.15, 0.2) is 0 Å². The van der Waals surface area contributed by atoms with Crippen molar-refractivity contribution in [2.75, 3.05) is 11.9 Å². The molecule has 2 heterocycles. The first-order chi connectivity index (χ1) is 10.4. The van der Waals surface area contributed by atoms with Crippen LogP contribution < -0.4 is 4.90 Å². The summed E-state index contributed by atoms with van der Waals surface area (Å²) in [4.78, 5) is 2.32. The quantitative estimate of drug-likeness (QED) is 0.800. The first-order valence-electron chi connectivity index (χ1n) is 7.36. The van der Waals surface area contributed by atoms with Crippen LogP contribution in [0.25, 0.3) is 5.57 Å². The van der Waals surface area contributed by atoms with Gasteiger partial charge in [0.05, 0.1) is 11.8 Å². The van der Waals surface area contributed by atoms with E-state index in [-0.39, 0.29) is 5.54 Å². The maximum Gasteiger partial charge on any atom is 0.141 e. The van der Waals surface area contributed by atoms with Gasteiger partial charge in [-0.05, 0) is 56.5 Å². The third-order valence-electron chi connectivity index (χ3n) is 4.34. The molecular formula is C17H21N5. The van der Waals surface area contributed by atoms with Crippen molar-refractivity contribution >= 4 is 17.5 Å². The number of hydrogen-bond donors (Lipinski definition) is 0. The van der Waals surface area contributed by atoms with E-state index >= 15 is 0 Å². The summed E-state index contributed by atoms with van der Waals surface area (Å²) in [6.07, 6.45) is 7.31. The predicted molar refractivity (Wildman–Crippen MR) is 90.3 cm³/mol. The molecule has 1 aromatic heterocycles. The fourth-order valence-electron chi connectivity index (χ4n) is 2.84. The van der Waals surface area contributed by atoms with Crippen molar-refractivity contribution < 1.29 is 0 Å². The minimum Gasteiger partial charge on any atom is -0.365 e. The molecule has 0 radical (unpaired) electrons. The SMILES string of the molecule is CC1=CC(C)(C)N(C)c2cc(C)c(/C=N/n3cnnc3)cc21. The normalized spacial score (nSPS) is 16.8. The van der Waals surface area contributed by atoms with Crippen LogP contribution in [0.1, 0.15) is 37.5 Å². The number of aromatic nitrogens is 3. The smallest absolute Gasteiger partial charge is 0.141 e. The van der Waals surface area contributed by atoms with E-state index in [1.54, 1.807) is 17.3 Å². The minimum atomic E-state index is 0.0294. The van der Waals surface area contributed by atoms with E-state index in [0.717, 1.165) is 5.56 Å². The number of rotatable bonds is 2. The van der Waals surface area contributed by atoms with Gasteiger partial charge in [-0.3, -0.25) is 0 Å². The largest absolute Gasteiger partial charge is 0.365 e. The average molecular weight is 295 g/mol. The van der Waals surface area contributed by atoms with Gasteiger partial charge < -0.3 is 4.90 Å². The van der Waals surface area contributed by atoms with Crippen molar-refractivity contribution in [3.05, 3.63) is 47.6 Å². The molecule has 2 aromatic rings. The molecule has 0 saturated heterocycles. The Morgan fingerprint density at radius 1 is 1.14 bits per heavy atom. The van der Waals surface area contributed by atoms with E-state index in [9.17, 15) is 0 Å². The van der Waals surface area contributed by atoms with Gasteiger partial charge in [0.2, 0.25) is 0 Å². The van der Waals surface area contributed by atoms with Gasteiger partial charge in [-0.25, -0.2) is 4.68 Å². The summed E-state index contributed by atoms with van der Waals surface area (Å²) in [6.45, 7) is 8.75. The Bertz CT molecular complexity index is 754. The molecular weight excluding hydrogens is 274 g/mol. The maximum atomic E-state index is 4.35. The number of likely N-dealkylation sites (N-methyl/N-ethyl adjacent to an activating group) is 1. The number of anilines is 1. The lowest BCUT2D eigenvalue weighted by atomic mass is 9.87. The van der Waals surface area contributed by atoms with Gasteiger partial charge in [-0.2, -0.15) is 5.10 Å². The fourth-order valence-corrected chi connectivity index (χ4v) is 2.84. The summed E-state index contributed by atoms with van der Waals surface area (Å²) in [6, 6.07) is 4.44. The number of allylic oxidation sites excluding steroid dienone is 1. The van der Waals surface area contributed by atoms with E-state index < -0.39 is 0 Å². The Kier molecular flexibility index (Phi) is 3.35. The summed E-state index contributed by atoms with van der Waals surface area (Å²) in [7, 11) is 2.14. The standard InChI is InChI=1S/C17H21N5/c1-12-6-16-15(13(2)8-17(3,4)21(16)5)7-14(12)9-20-22-10-18-19-11-22/h6-11H,1-5H3/b20-9+. The Hall–Kier alpha value is -2.43. The number of benzene rings is 1. The zero-order valence-corrected chi connectivity index (χ0v) is 13.7. The minimum absolute atomic E-state index is 0.0294. The third kappa shape index (κ3) is 2.43. The van der Waals surface area contributed by atoms with E-state index in [0.29, 0.717) is 0 Å². The maximum absolute atomic E-state index is 4.35. The molecule has 0 amide bonds. The second kappa shape index (κ2) is 5.09. The van der Waals surface area contributed by atoms with Crippen LogP contribution in [-0.4, -0.2) is 33.7 Å². The summed E-state index contributed by atoms with van der Waals surface area (Å²) in [5.74, 6) is 0. The molecule has 1 aromatic carbocycles. The van der Waals surface area contributed by atoms with Crippen LogP contribution in [0.4, 0.5) is 5.69 Å². The first kappa shape index (κ1) is 14.5. The molecule has 0 spiro atoms. The second-order valence-corrected chi connectivity index (χ2v) is 6.35. The first-order valence-corrected chi connectivity index (χ1v) is 7.36. The molecule has 1 aliphatic heterocycles. The third-order valence-corrected chi connectivity index (χ3v) is 4.34. The van der Waals surface area contributed by atoms with E-state index in [2.05, 4.69) is 73.2 Å². The highest BCUT2D eigenvalue weighted by Crippen LogP contribution is 2.38. The van der Waals surface area contributed by atoms with Crippen LogP contribution >= 0.6 is 0 Å². The summed E-state index contributed by atoms with van der Waals surface area (Å²) in [5.41, 5.74) is 6.17. The molecule has 5 heteroatoms. The van der Waals surface area contributed by atoms with Crippen molar-refractivity contribution in [3.8, 4) is 0 Å². The molecule has 3 rings (SSSR count). The lowest BCUT2D eigenvalue weighted by molar-refractivity contribution is 0.597. The predicted octanol–water partition coefficient (Wildman–Crippen LogP) is 3.10. The molecule has 0 N–H and O–H groups in total. The Balaban J connectivity index is 2.05. The average Bonchev–Trinajstić information content (AvgIpc) is 2.96. The van der Waals surface area contributed by atoms with Crippen molar-refractivity contribution in [1.82, 2.24) is 14.9 Å². The van der Waals surface area contributed by atoms with Crippen molar-refractivity contribution in [2.45, 2.75) is 33.2 Å². The zero-order valence-electron chi connectivity index (χ0n) is 13.7. The van der Waals surface area contributed by atoms with Gasteiger partial charge >= 0.3 is 0 Å². The highest BCUT2D eigenvalue weighted by Gasteiger charge is 2.28. The zero-order chi connectivity index (χ0) is 15.9. The fraction of sp³-hybridized carbons (Fsp3) is 0.353. The summed E-state index contributed by atoms with van der Waals surface area (Å²) >= 11 is 0. The second-order valence-electron chi connectivity index (χ2n) is 6.35.